The minimum Gasteiger partial charge on any atom is -0.313 e. The maximum atomic E-state index is 3.56. The summed E-state index contributed by atoms with van der Waals surface area (Å²) in [7, 11) is 2.12. The van der Waals surface area contributed by atoms with E-state index in [0.717, 1.165) is 5.92 Å². The van der Waals surface area contributed by atoms with Crippen LogP contribution in [0.2, 0.25) is 0 Å². The average Bonchev–Trinajstić information content (AvgIpc) is 2.42. The van der Waals surface area contributed by atoms with E-state index in [4.69, 9.17) is 0 Å². The van der Waals surface area contributed by atoms with Gasteiger partial charge in [-0.3, -0.25) is 0 Å². The predicted molar refractivity (Wildman–Crippen MR) is 78.8 cm³/mol. The lowest BCUT2D eigenvalue weighted by Gasteiger charge is -2.30. The number of nitrogens with one attached hydrogen (secondary N) is 1. The van der Waals surface area contributed by atoms with Crippen LogP contribution in [0, 0.1) is 5.92 Å². The van der Waals surface area contributed by atoms with Crippen molar-refractivity contribution >= 4 is 0 Å². The Morgan fingerprint density at radius 2 is 2.00 bits per heavy atom. The van der Waals surface area contributed by atoms with Crippen molar-refractivity contribution in [3.8, 4) is 0 Å². The Bertz CT molecular complexity index is 352. The molecule has 1 N–H and O–H groups in total. The molecular formula is C17H27N. The average molecular weight is 245 g/mol. The van der Waals surface area contributed by atoms with Gasteiger partial charge in [0.05, 0.1) is 0 Å². The third kappa shape index (κ3) is 3.35. The highest BCUT2D eigenvalue weighted by atomic mass is 14.9. The van der Waals surface area contributed by atoms with Gasteiger partial charge in [0.15, 0.2) is 0 Å². The van der Waals surface area contributed by atoms with Crippen molar-refractivity contribution in [3.63, 3.8) is 0 Å². The smallest absolute Gasteiger partial charge is 0.0346 e. The predicted octanol–water partition coefficient (Wildman–Crippen LogP) is 4.48. The summed E-state index contributed by atoms with van der Waals surface area (Å²) in [5, 5.41) is 3.56. The van der Waals surface area contributed by atoms with E-state index in [1.165, 1.54) is 56.1 Å². The van der Waals surface area contributed by atoms with Gasteiger partial charge in [-0.15, -0.1) is 0 Å². The number of aryl methyl sites for hydroxylation is 1. The molecule has 0 heterocycles. The molecule has 0 aliphatic heterocycles. The van der Waals surface area contributed by atoms with Gasteiger partial charge in [-0.25, -0.2) is 0 Å². The lowest BCUT2D eigenvalue weighted by molar-refractivity contribution is 0.281. The zero-order valence-electron chi connectivity index (χ0n) is 11.9. The second kappa shape index (κ2) is 6.94. The van der Waals surface area contributed by atoms with Crippen molar-refractivity contribution < 1.29 is 0 Å². The van der Waals surface area contributed by atoms with E-state index in [2.05, 4.69) is 43.6 Å². The number of rotatable bonds is 5. The Hall–Kier alpha value is -0.820. The maximum absolute atomic E-state index is 3.56. The number of hydrogen-bond acceptors (Lipinski definition) is 1. The van der Waals surface area contributed by atoms with Gasteiger partial charge >= 0.3 is 0 Å². The molecule has 0 spiro atoms. The molecule has 1 atom stereocenters. The summed E-state index contributed by atoms with van der Waals surface area (Å²) in [6, 6.07) is 9.77. The zero-order valence-corrected chi connectivity index (χ0v) is 11.9. The summed E-state index contributed by atoms with van der Waals surface area (Å²) in [6.07, 6.45) is 9.48. The van der Waals surface area contributed by atoms with Gasteiger partial charge < -0.3 is 5.32 Å². The Balaban J connectivity index is 2.12. The summed E-state index contributed by atoms with van der Waals surface area (Å²) < 4.78 is 0. The first-order chi connectivity index (χ1) is 8.85. The molecule has 18 heavy (non-hydrogen) atoms. The van der Waals surface area contributed by atoms with Crippen LogP contribution in [-0.2, 0) is 6.42 Å². The van der Waals surface area contributed by atoms with Crippen molar-refractivity contribution in [1.82, 2.24) is 5.32 Å². The fourth-order valence-corrected chi connectivity index (χ4v) is 3.37. The van der Waals surface area contributed by atoms with Crippen LogP contribution in [0.5, 0.6) is 0 Å². The van der Waals surface area contributed by atoms with Crippen LogP contribution in [-0.4, -0.2) is 7.05 Å². The zero-order chi connectivity index (χ0) is 12.8. The number of hydrogen-bond donors (Lipinski definition) is 1. The molecule has 0 amide bonds. The standard InChI is InChI=1S/C17H27N/c1-3-8-14-9-7-12-16(13-14)17(18-2)15-10-5-4-6-11-15/h7,9,12-13,15,17-18H,3-6,8,10-11H2,1-2H3. The lowest BCUT2D eigenvalue weighted by Crippen LogP contribution is -2.27. The van der Waals surface area contributed by atoms with Gasteiger partial charge in [0.25, 0.3) is 0 Å². The summed E-state index contributed by atoms with van der Waals surface area (Å²) in [5.74, 6) is 0.834. The lowest BCUT2D eigenvalue weighted by atomic mass is 9.81. The number of benzene rings is 1. The largest absolute Gasteiger partial charge is 0.313 e. The van der Waals surface area contributed by atoms with Crippen LogP contribution in [0.25, 0.3) is 0 Å². The van der Waals surface area contributed by atoms with Gasteiger partial charge in [-0.2, -0.15) is 0 Å². The van der Waals surface area contributed by atoms with E-state index in [1.807, 2.05) is 0 Å². The van der Waals surface area contributed by atoms with Crippen molar-refractivity contribution in [2.24, 2.45) is 5.92 Å². The van der Waals surface area contributed by atoms with Crippen LogP contribution in [0.4, 0.5) is 0 Å². The topological polar surface area (TPSA) is 12.0 Å². The van der Waals surface area contributed by atoms with Gasteiger partial charge in [0.1, 0.15) is 0 Å². The molecule has 1 aromatic rings. The molecule has 2 rings (SSSR count). The minimum atomic E-state index is 0.558. The summed E-state index contributed by atoms with van der Waals surface area (Å²) >= 11 is 0. The first-order valence-corrected chi connectivity index (χ1v) is 7.61. The summed E-state index contributed by atoms with van der Waals surface area (Å²) in [5.41, 5.74) is 2.99. The van der Waals surface area contributed by atoms with Crippen LogP contribution >= 0.6 is 0 Å². The van der Waals surface area contributed by atoms with Crippen LogP contribution in [0.1, 0.15) is 62.6 Å². The van der Waals surface area contributed by atoms with Crippen LogP contribution in [0.3, 0.4) is 0 Å². The first-order valence-electron chi connectivity index (χ1n) is 7.61. The van der Waals surface area contributed by atoms with E-state index in [1.54, 1.807) is 0 Å². The Morgan fingerprint density at radius 1 is 1.22 bits per heavy atom. The molecule has 1 aliphatic rings. The monoisotopic (exact) mass is 245 g/mol. The van der Waals surface area contributed by atoms with E-state index in [-0.39, 0.29) is 0 Å². The summed E-state index contributed by atoms with van der Waals surface area (Å²) in [6.45, 7) is 2.25. The van der Waals surface area contributed by atoms with Crippen LogP contribution in [0.15, 0.2) is 24.3 Å². The van der Waals surface area contributed by atoms with Crippen molar-refractivity contribution in [2.75, 3.05) is 7.05 Å². The van der Waals surface area contributed by atoms with Crippen molar-refractivity contribution in [2.45, 2.75) is 57.9 Å². The van der Waals surface area contributed by atoms with Gasteiger partial charge in [-0.05, 0) is 43.4 Å². The molecule has 0 aromatic heterocycles. The highest BCUT2D eigenvalue weighted by Crippen LogP contribution is 2.34. The Labute approximate surface area is 112 Å². The second-order valence-corrected chi connectivity index (χ2v) is 5.66. The molecule has 0 radical (unpaired) electrons. The fourth-order valence-electron chi connectivity index (χ4n) is 3.37. The van der Waals surface area contributed by atoms with E-state index in [0.29, 0.717) is 6.04 Å². The minimum absolute atomic E-state index is 0.558. The molecule has 1 nitrogen and oxygen atoms in total. The third-order valence-corrected chi connectivity index (χ3v) is 4.28. The SMILES string of the molecule is CCCc1cccc(C(NC)C2CCCCC2)c1. The highest BCUT2D eigenvalue weighted by Gasteiger charge is 2.23. The second-order valence-electron chi connectivity index (χ2n) is 5.66. The Kier molecular flexibility index (Phi) is 5.25. The fraction of sp³-hybridized carbons (Fsp3) is 0.647. The van der Waals surface area contributed by atoms with E-state index < -0.39 is 0 Å². The molecular weight excluding hydrogens is 218 g/mol. The molecule has 1 heteroatoms. The summed E-state index contributed by atoms with van der Waals surface area (Å²) in [4.78, 5) is 0. The molecule has 100 valence electrons. The Morgan fingerprint density at radius 3 is 2.67 bits per heavy atom. The quantitative estimate of drug-likeness (QED) is 0.806. The van der Waals surface area contributed by atoms with Crippen molar-refractivity contribution in [1.29, 1.82) is 0 Å². The van der Waals surface area contributed by atoms with Gasteiger partial charge in [0.2, 0.25) is 0 Å². The van der Waals surface area contributed by atoms with Crippen LogP contribution < -0.4 is 5.32 Å². The highest BCUT2D eigenvalue weighted by molar-refractivity contribution is 5.26. The normalized spacial score (nSPS) is 18.8. The molecule has 1 fully saturated rings. The molecule has 1 unspecified atom stereocenters. The first kappa shape index (κ1) is 13.6. The van der Waals surface area contributed by atoms with Gasteiger partial charge in [0, 0.05) is 6.04 Å². The van der Waals surface area contributed by atoms with E-state index >= 15 is 0 Å². The van der Waals surface area contributed by atoms with E-state index in [9.17, 15) is 0 Å². The molecule has 1 saturated carbocycles. The van der Waals surface area contributed by atoms with Crippen molar-refractivity contribution in [3.05, 3.63) is 35.4 Å². The maximum Gasteiger partial charge on any atom is 0.0346 e. The molecule has 1 aliphatic carbocycles. The van der Waals surface area contributed by atoms with Gasteiger partial charge in [-0.1, -0.05) is 56.9 Å². The third-order valence-electron chi connectivity index (χ3n) is 4.28. The molecule has 0 bridgehead atoms. The molecule has 0 saturated heterocycles. The molecule has 1 aromatic carbocycles.